The van der Waals surface area contributed by atoms with Crippen molar-refractivity contribution in [3.8, 4) is 0 Å². The number of nitrogens with zero attached hydrogens (tertiary/aromatic N) is 1. The predicted octanol–water partition coefficient (Wildman–Crippen LogP) is 14.6. The number of unbranched alkanes of at least 4 members (excludes halogenated alkanes) is 32. The number of ether oxygens (including phenoxy) is 3. The quantitative estimate of drug-likeness (QED) is 0.0259. The van der Waals surface area contributed by atoms with E-state index in [1.807, 2.05) is 0 Å². The summed E-state index contributed by atoms with van der Waals surface area (Å²) in [4.78, 5) is 37.1. The average Bonchev–Trinajstić information content (AvgIpc) is 3.26. The first-order chi connectivity index (χ1) is 31.1. The van der Waals surface area contributed by atoms with Crippen LogP contribution in [0.25, 0.3) is 0 Å². The Kier molecular flexibility index (Phi) is 45.7. The second kappa shape index (κ2) is 47.3. The molecule has 2 atom stereocenters. The van der Waals surface area contributed by atoms with Crippen LogP contribution < -0.4 is 5.11 Å². The minimum atomic E-state index is -1.12. The molecule has 0 fully saturated rings. The highest BCUT2D eigenvalue weighted by molar-refractivity contribution is 5.70. The lowest BCUT2D eigenvalue weighted by Crippen LogP contribution is -2.55. The normalized spacial score (nSPS) is 13.0. The number of esters is 2. The van der Waals surface area contributed by atoms with Crippen molar-refractivity contribution < 1.29 is 38.2 Å². The number of hydrogen-bond donors (Lipinski definition) is 0. The van der Waals surface area contributed by atoms with Crippen LogP contribution in [-0.2, 0) is 28.6 Å². The standard InChI is InChI=1S/C56H105NO7/c1-6-8-10-12-14-16-18-20-22-24-25-26-27-28-29-30-31-33-34-36-38-40-42-44-46-54(58)63-51-52(50-62-49-48-53(56(60)61)57(3,4)5)64-55(59)47-45-43-41-39-37-35-32-23-21-19-17-15-13-11-9-7-2/h17,19,23,32,52-53H,6-16,18,20-22,24-31,33-51H2,1-5H3/b19-17-,32-23-. The van der Waals surface area contributed by atoms with Crippen LogP contribution in [0.15, 0.2) is 24.3 Å². The molecule has 64 heavy (non-hydrogen) atoms. The van der Waals surface area contributed by atoms with Crippen LogP contribution in [0.4, 0.5) is 0 Å². The van der Waals surface area contributed by atoms with Crippen LogP contribution in [0.5, 0.6) is 0 Å². The summed E-state index contributed by atoms with van der Waals surface area (Å²) in [5.41, 5.74) is 0. The fourth-order valence-electron chi connectivity index (χ4n) is 8.34. The fourth-order valence-corrected chi connectivity index (χ4v) is 8.34. The van der Waals surface area contributed by atoms with Gasteiger partial charge in [-0.25, -0.2) is 0 Å². The molecule has 8 nitrogen and oxygen atoms in total. The summed E-state index contributed by atoms with van der Waals surface area (Å²) in [5, 5.41) is 11.7. The van der Waals surface area contributed by atoms with Gasteiger partial charge in [0, 0.05) is 19.3 Å². The van der Waals surface area contributed by atoms with Crippen molar-refractivity contribution in [2.24, 2.45) is 0 Å². The zero-order chi connectivity index (χ0) is 47.0. The number of rotatable bonds is 50. The third-order valence-corrected chi connectivity index (χ3v) is 12.6. The van der Waals surface area contributed by atoms with Crippen LogP contribution in [-0.4, -0.2) is 75.5 Å². The van der Waals surface area contributed by atoms with Crippen molar-refractivity contribution in [3.05, 3.63) is 24.3 Å². The van der Waals surface area contributed by atoms with Crippen molar-refractivity contribution in [2.75, 3.05) is 41.0 Å². The first-order valence-electron chi connectivity index (χ1n) is 27.4. The molecule has 0 aromatic carbocycles. The molecular weight excluding hydrogens is 799 g/mol. The maximum atomic E-state index is 12.8. The average molecular weight is 904 g/mol. The Balaban J connectivity index is 4.14. The lowest BCUT2D eigenvalue weighted by atomic mass is 10.0. The minimum Gasteiger partial charge on any atom is -0.544 e. The van der Waals surface area contributed by atoms with E-state index in [9.17, 15) is 19.5 Å². The highest BCUT2D eigenvalue weighted by Crippen LogP contribution is 2.17. The molecule has 0 aromatic rings. The summed E-state index contributed by atoms with van der Waals surface area (Å²) in [6, 6.07) is -0.726. The summed E-state index contributed by atoms with van der Waals surface area (Å²) in [5.74, 6) is -1.73. The lowest BCUT2D eigenvalue weighted by Gasteiger charge is -2.34. The molecule has 0 radical (unpaired) electrons. The molecule has 0 rings (SSSR count). The number of carboxylic acid groups (broad SMARTS) is 1. The number of quaternary nitrogens is 1. The van der Waals surface area contributed by atoms with E-state index in [4.69, 9.17) is 14.2 Å². The number of carboxylic acids is 1. The van der Waals surface area contributed by atoms with Crippen LogP contribution >= 0.6 is 0 Å². The van der Waals surface area contributed by atoms with E-state index in [0.717, 1.165) is 64.2 Å². The van der Waals surface area contributed by atoms with Gasteiger partial charge in [0.05, 0.1) is 40.3 Å². The highest BCUT2D eigenvalue weighted by Gasteiger charge is 2.25. The highest BCUT2D eigenvalue weighted by atomic mass is 16.6. The smallest absolute Gasteiger partial charge is 0.306 e. The zero-order valence-electron chi connectivity index (χ0n) is 43.0. The maximum Gasteiger partial charge on any atom is 0.306 e. The maximum absolute atomic E-state index is 12.8. The third-order valence-electron chi connectivity index (χ3n) is 12.6. The first-order valence-corrected chi connectivity index (χ1v) is 27.4. The van der Waals surface area contributed by atoms with E-state index in [-0.39, 0.29) is 42.7 Å². The summed E-state index contributed by atoms with van der Waals surface area (Å²) in [7, 11) is 5.42. The van der Waals surface area contributed by atoms with Gasteiger partial charge in [0.1, 0.15) is 12.6 Å². The van der Waals surface area contributed by atoms with Crippen LogP contribution in [0, 0.1) is 0 Å². The SMILES string of the molecule is CCCCCC/C=C\C/C=C\CCCCCCCC(=O)OC(COCCC(C(=O)[O-])[N+](C)(C)C)COC(=O)CCCCCCCCCCCCCCCCCCCCCCCCCC. The molecule has 0 aliphatic heterocycles. The summed E-state index contributed by atoms with van der Waals surface area (Å²) in [6.07, 6.45) is 55.0. The van der Waals surface area contributed by atoms with Crippen molar-refractivity contribution >= 4 is 17.9 Å². The van der Waals surface area contributed by atoms with Gasteiger partial charge in [0.2, 0.25) is 0 Å². The molecule has 0 N–H and O–H groups in total. The van der Waals surface area contributed by atoms with E-state index in [1.165, 1.54) is 167 Å². The van der Waals surface area contributed by atoms with Gasteiger partial charge in [-0.2, -0.15) is 0 Å². The predicted molar refractivity (Wildman–Crippen MR) is 268 cm³/mol. The van der Waals surface area contributed by atoms with Gasteiger partial charge >= 0.3 is 11.9 Å². The number of carbonyl (C=O) groups is 3. The van der Waals surface area contributed by atoms with Crippen molar-refractivity contribution in [3.63, 3.8) is 0 Å². The first kappa shape index (κ1) is 61.8. The molecule has 0 aliphatic carbocycles. The van der Waals surface area contributed by atoms with Gasteiger partial charge in [-0.1, -0.05) is 224 Å². The zero-order valence-corrected chi connectivity index (χ0v) is 43.0. The molecule has 0 amide bonds. The molecule has 0 saturated carbocycles. The minimum absolute atomic E-state index is 0.0394. The Bertz CT molecular complexity index is 1100. The van der Waals surface area contributed by atoms with Crippen molar-refractivity contribution in [1.82, 2.24) is 0 Å². The van der Waals surface area contributed by atoms with Gasteiger partial charge in [-0.15, -0.1) is 0 Å². The second-order valence-corrected chi connectivity index (χ2v) is 19.8. The molecular formula is C56H105NO7. The molecule has 0 spiro atoms. The van der Waals surface area contributed by atoms with E-state index < -0.39 is 18.1 Å². The molecule has 8 heteroatoms. The molecule has 0 aromatic heterocycles. The number of allylic oxidation sites excluding steroid dienone is 4. The molecule has 0 saturated heterocycles. The third kappa shape index (κ3) is 45.0. The fraction of sp³-hybridized carbons (Fsp3) is 0.875. The Morgan fingerprint density at radius 1 is 0.469 bits per heavy atom. The largest absolute Gasteiger partial charge is 0.544 e. The van der Waals surface area contributed by atoms with Gasteiger partial charge in [0.15, 0.2) is 6.10 Å². The summed E-state index contributed by atoms with van der Waals surface area (Å²) in [6.45, 7) is 4.68. The number of likely N-dealkylation sites (N-methyl/N-ethyl adjacent to an activating group) is 1. The summed E-state index contributed by atoms with van der Waals surface area (Å²) < 4.78 is 17.3. The van der Waals surface area contributed by atoms with Crippen molar-refractivity contribution in [1.29, 1.82) is 0 Å². The van der Waals surface area contributed by atoms with E-state index in [0.29, 0.717) is 12.8 Å². The molecule has 0 heterocycles. The number of aliphatic carboxylic acids is 1. The van der Waals surface area contributed by atoms with Crippen molar-refractivity contribution in [2.45, 2.75) is 276 Å². The molecule has 0 bridgehead atoms. The monoisotopic (exact) mass is 904 g/mol. The van der Waals surface area contributed by atoms with Gasteiger partial charge < -0.3 is 28.6 Å². The second-order valence-electron chi connectivity index (χ2n) is 19.8. The van der Waals surface area contributed by atoms with Crippen LogP contribution in [0.3, 0.4) is 0 Å². The van der Waals surface area contributed by atoms with Gasteiger partial charge in [0.25, 0.3) is 0 Å². The van der Waals surface area contributed by atoms with E-state index in [2.05, 4.69) is 38.2 Å². The van der Waals surface area contributed by atoms with E-state index in [1.54, 1.807) is 21.1 Å². The number of carbonyl (C=O) groups excluding carboxylic acids is 3. The van der Waals surface area contributed by atoms with Crippen LogP contribution in [0.1, 0.15) is 264 Å². The Morgan fingerprint density at radius 2 is 0.828 bits per heavy atom. The van der Waals surface area contributed by atoms with E-state index >= 15 is 0 Å². The Morgan fingerprint density at radius 3 is 1.22 bits per heavy atom. The van der Waals surface area contributed by atoms with Gasteiger partial charge in [-0.3, -0.25) is 9.59 Å². The van der Waals surface area contributed by atoms with Gasteiger partial charge in [-0.05, 0) is 44.9 Å². The summed E-state index contributed by atoms with van der Waals surface area (Å²) >= 11 is 0. The molecule has 0 aliphatic rings. The Hall–Kier alpha value is -2.19. The Labute approximate surface area is 396 Å². The number of hydrogen-bond acceptors (Lipinski definition) is 7. The molecule has 2 unspecified atom stereocenters. The van der Waals surface area contributed by atoms with Crippen LogP contribution in [0.2, 0.25) is 0 Å². The lowest BCUT2D eigenvalue weighted by molar-refractivity contribution is -0.889. The molecule has 376 valence electrons. The topological polar surface area (TPSA) is 102 Å².